The first-order valence-corrected chi connectivity index (χ1v) is 9.03. The van der Waals surface area contributed by atoms with Crippen LogP contribution in [-0.4, -0.2) is 26.6 Å². The molecule has 0 aliphatic rings. The Labute approximate surface area is 163 Å². The van der Waals surface area contributed by atoms with E-state index in [-0.39, 0.29) is 30.8 Å². The molecule has 0 saturated heterocycles. The van der Waals surface area contributed by atoms with Gasteiger partial charge in [-0.3, -0.25) is 19.3 Å². The molecule has 2 amide bonds. The Hall–Kier alpha value is -3.48. The van der Waals surface area contributed by atoms with Crippen LogP contribution in [-0.2, 0) is 29.6 Å². The van der Waals surface area contributed by atoms with Gasteiger partial charge in [0, 0.05) is 12.4 Å². The number of hydrogen-bond donors (Lipinski definition) is 2. The molecule has 28 heavy (non-hydrogen) atoms. The molecule has 3 aromatic rings. The summed E-state index contributed by atoms with van der Waals surface area (Å²) in [6, 6.07) is 11.5. The second-order valence-corrected chi connectivity index (χ2v) is 6.56. The molecule has 144 valence electrons. The molecule has 0 fully saturated rings. The van der Waals surface area contributed by atoms with Crippen molar-refractivity contribution in [2.24, 2.45) is 7.05 Å². The fraction of sp³-hybridized carbons (Fsp3) is 0.238. The van der Waals surface area contributed by atoms with Crippen LogP contribution < -0.4 is 10.6 Å². The second kappa shape index (κ2) is 8.47. The Bertz CT molecular complexity index is 1010. The van der Waals surface area contributed by atoms with E-state index in [1.807, 2.05) is 50.4 Å². The van der Waals surface area contributed by atoms with Gasteiger partial charge in [0.25, 0.3) is 0 Å². The Kier molecular flexibility index (Phi) is 5.84. The zero-order valence-corrected chi connectivity index (χ0v) is 16.0. The predicted molar refractivity (Wildman–Crippen MR) is 107 cm³/mol. The molecule has 0 radical (unpaired) electrons. The molecule has 2 heterocycles. The highest BCUT2D eigenvalue weighted by Gasteiger charge is 2.15. The van der Waals surface area contributed by atoms with E-state index in [2.05, 4.69) is 27.3 Å². The van der Waals surface area contributed by atoms with Gasteiger partial charge in [-0.25, -0.2) is 0 Å². The third-order valence-electron chi connectivity index (χ3n) is 4.48. The minimum Gasteiger partial charge on any atom is -0.349 e. The van der Waals surface area contributed by atoms with E-state index in [0.717, 1.165) is 16.5 Å². The lowest BCUT2D eigenvalue weighted by molar-refractivity contribution is -0.121. The SMILES string of the molecule is C=CC(=O)NCc1nc(CC(=O)N[C@H](C)c2ccccc2)cc2cnn(C)c12. The number of aromatic nitrogens is 3. The number of hydrogen-bond acceptors (Lipinski definition) is 4. The fourth-order valence-electron chi connectivity index (χ4n) is 3.09. The van der Waals surface area contributed by atoms with Crippen molar-refractivity contribution in [2.75, 3.05) is 0 Å². The predicted octanol–water partition coefficient (Wildman–Crippen LogP) is 2.19. The summed E-state index contributed by atoms with van der Waals surface area (Å²) in [5.74, 6) is -0.398. The maximum Gasteiger partial charge on any atom is 0.243 e. The van der Waals surface area contributed by atoms with Gasteiger partial charge in [-0.05, 0) is 24.6 Å². The highest BCUT2D eigenvalue weighted by molar-refractivity contribution is 5.88. The average molecular weight is 377 g/mol. The molecule has 2 N–H and O–H groups in total. The number of nitrogens with one attached hydrogen (secondary N) is 2. The molecule has 1 aromatic carbocycles. The summed E-state index contributed by atoms with van der Waals surface area (Å²) >= 11 is 0. The van der Waals surface area contributed by atoms with E-state index in [1.165, 1.54) is 6.08 Å². The third kappa shape index (κ3) is 4.43. The Morgan fingerprint density at radius 3 is 2.75 bits per heavy atom. The van der Waals surface area contributed by atoms with Gasteiger partial charge in [-0.2, -0.15) is 5.10 Å². The quantitative estimate of drug-likeness (QED) is 0.618. The van der Waals surface area contributed by atoms with Crippen molar-refractivity contribution in [2.45, 2.75) is 25.9 Å². The highest BCUT2D eigenvalue weighted by Crippen LogP contribution is 2.19. The first-order valence-electron chi connectivity index (χ1n) is 9.03. The van der Waals surface area contributed by atoms with E-state index < -0.39 is 0 Å². The summed E-state index contributed by atoms with van der Waals surface area (Å²) in [5.41, 5.74) is 3.15. The Morgan fingerprint density at radius 1 is 1.29 bits per heavy atom. The largest absolute Gasteiger partial charge is 0.349 e. The number of amides is 2. The van der Waals surface area contributed by atoms with Crippen molar-refractivity contribution in [3.05, 3.63) is 72.2 Å². The molecular formula is C21H23N5O2. The van der Waals surface area contributed by atoms with Gasteiger partial charge >= 0.3 is 0 Å². The summed E-state index contributed by atoms with van der Waals surface area (Å²) < 4.78 is 1.71. The number of fused-ring (bicyclic) bond motifs is 1. The van der Waals surface area contributed by atoms with E-state index in [0.29, 0.717) is 11.4 Å². The van der Waals surface area contributed by atoms with Crippen molar-refractivity contribution in [1.82, 2.24) is 25.4 Å². The molecule has 0 saturated carbocycles. The number of pyridine rings is 1. The highest BCUT2D eigenvalue weighted by atomic mass is 16.2. The normalized spacial score (nSPS) is 11.8. The zero-order valence-electron chi connectivity index (χ0n) is 16.0. The van der Waals surface area contributed by atoms with E-state index in [9.17, 15) is 9.59 Å². The van der Waals surface area contributed by atoms with Crippen molar-refractivity contribution in [3.8, 4) is 0 Å². The van der Waals surface area contributed by atoms with Crippen LogP contribution in [0.15, 0.2) is 55.3 Å². The van der Waals surface area contributed by atoms with Crippen LogP contribution in [0.4, 0.5) is 0 Å². The molecule has 1 atom stereocenters. The van der Waals surface area contributed by atoms with Crippen molar-refractivity contribution >= 4 is 22.7 Å². The molecule has 0 spiro atoms. The number of rotatable bonds is 7. The Balaban J connectivity index is 1.77. The molecular weight excluding hydrogens is 354 g/mol. The lowest BCUT2D eigenvalue weighted by Crippen LogP contribution is -2.28. The van der Waals surface area contributed by atoms with Crippen molar-refractivity contribution in [1.29, 1.82) is 0 Å². The van der Waals surface area contributed by atoms with E-state index in [1.54, 1.807) is 10.9 Å². The van der Waals surface area contributed by atoms with Crippen LogP contribution in [0, 0.1) is 0 Å². The number of aryl methyl sites for hydroxylation is 1. The van der Waals surface area contributed by atoms with Crippen molar-refractivity contribution in [3.63, 3.8) is 0 Å². The van der Waals surface area contributed by atoms with E-state index >= 15 is 0 Å². The summed E-state index contributed by atoms with van der Waals surface area (Å²) in [4.78, 5) is 28.6. The third-order valence-corrected chi connectivity index (χ3v) is 4.48. The van der Waals surface area contributed by atoms with Crippen LogP contribution >= 0.6 is 0 Å². The van der Waals surface area contributed by atoms with Crippen LogP contribution in [0.25, 0.3) is 10.9 Å². The van der Waals surface area contributed by atoms with Crippen molar-refractivity contribution < 1.29 is 9.59 Å². The first kappa shape index (κ1) is 19.3. The minimum absolute atomic E-state index is 0.0952. The Morgan fingerprint density at radius 2 is 2.04 bits per heavy atom. The number of benzene rings is 1. The molecule has 7 heteroatoms. The molecule has 0 unspecified atom stereocenters. The standard InChI is InChI=1S/C21H23N5O2/c1-4-19(27)22-13-18-21-16(12-23-26(21)3)10-17(25-18)11-20(28)24-14(2)15-8-6-5-7-9-15/h4-10,12,14H,1,11,13H2,2-3H3,(H,22,27)(H,24,28)/t14-/m1/s1. The molecule has 0 aliphatic heterocycles. The summed E-state index contributed by atoms with van der Waals surface area (Å²) in [5, 5.41) is 10.9. The summed E-state index contributed by atoms with van der Waals surface area (Å²) in [6.07, 6.45) is 3.08. The van der Waals surface area contributed by atoms with Crippen LogP contribution in [0.5, 0.6) is 0 Å². The number of nitrogens with zero attached hydrogens (tertiary/aromatic N) is 3. The second-order valence-electron chi connectivity index (χ2n) is 6.56. The molecule has 0 bridgehead atoms. The monoisotopic (exact) mass is 377 g/mol. The zero-order chi connectivity index (χ0) is 20.1. The van der Waals surface area contributed by atoms with Crippen LogP contribution in [0.3, 0.4) is 0 Å². The van der Waals surface area contributed by atoms with Gasteiger partial charge in [0.1, 0.15) is 0 Å². The van der Waals surface area contributed by atoms with Gasteiger partial charge in [0.2, 0.25) is 11.8 Å². The summed E-state index contributed by atoms with van der Waals surface area (Å²) in [7, 11) is 1.82. The topological polar surface area (TPSA) is 88.9 Å². The summed E-state index contributed by atoms with van der Waals surface area (Å²) in [6.45, 7) is 5.63. The smallest absolute Gasteiger partial charge is 0.243 e. The molecule has 7 nitrogen and oxygen atoms in total. The average Bonchev–Trinajstić information content (AvgIpc) is 3.07. The van der Waals surface area contributed by atoms with Gasteiger partial charge < -0.3 is 10.6 Å². The molecule has 3 rings (SSSR count). The first-order chi connectivity index (χ1) is 13.5. The van der Waals surface area contributed by atoms with Gasteiger partial charge in [0.05, 0.1) is 42.1 Å². The fourth-order valence-corrected chi connectivity index (χ4v) is 3.09. The minimum atomic E-state index is -0.281. The molecule has 0 aliphatic carbocycles. The van der Waals surface area contributed by atoms with Crippen LogP contribution in [0.2, 0.25) is 0 Å². The lowest BCUT2D eigenvalue weighted by atomic mass is 10.1. The lowest BCUT2D eigenvalue weighted by Gasteiger charge is -2.14. The maximum absolute atomic E-state index is 12.5. The number of carbonyl (C=O) groups excluding carboxylic acids is 2. The van der Waals surface area contributed by atoms with E-state index in [4.69, 9.17) is 0 Å². The number of carbonyl (C=O) groups is 2. The van der Waals surface area contributed by atoms with Gasteiger partial charge in [-0.1, -0.05) is 36.9 Å². The maximum atomic E-state index is 12.5. The van der Waals surface area contributed by atoms with Gasteiger partial charge in [-0.15, -0.1) is 0 Å². The van der Waals surface area contributed by atoms with Crippen LogP contribution in [0.1, 0.15) is 29.9 Å². The molecule has 2 aromatic heterocycles. The van der Waals surface area contributed by atoms with Gasteiger partial charge in [0.15, 0.2) is 0 Å².